The normalized spacial score (nSPS) is 14.5. The highest BCUT2D eigenvalue weighted by molar-refractivity contribution is 5.95. The van der Waals surface area contributed by atoms with Crippen LogP contribution in [0.3, 0.4) is 0 Å². The van der Waals surface area contributed by atoms with Crippen molar-refractivity contribution in [2.45, 2.75) is 31.2 Å². The first kappa shape index (κ1) is 32.9. The van der Waals surface area contributed by atoms with Crippen LogP contribution in [-0.4, -0.2) is 57.0 Å². The number of aliphatic carboxylic acids is 1. The van der Waals surface area contributed by atoms with Crippen LogP contribution < -0.4 is 10.6 Å². The molecule has 1 amide bonds. The fraction of sp³-hybridized carbons (Fsp3) is 0.276. The summed E-state index contributed by atoms with van der Waals surface area (Å²) in [6.45, 7) is 1.00. The molecule has 5 rings (SSSR count). The summed E-state index contributed by atoms with van der Waals surface area (Å²) in [7, 11) is 0. The van der Waals surface area contributed by atoms with Crippen LogP contribution in [0.2, 0.25) is 0 Å². The van der Waals surface area contributed by atoms with Crippen molar-refractivity contribution in [1.29, 1.82) is 0 Å². The topological polar surface area (TPSA) is 142 Å². The number of anilines is 2. The van der Waals surface area contributed by atoms with Gasteiger partial charge < -0.3 is 20.5 Å². The highest BCUT2D eigenvalue weighted by atomic mass is 19.4. The van der Waals surface area contributed by atoms with Gasteiger partial charge >= 0.3 is 18.3 Å². The second-order valence-electron chi connectivity index (χ2n) is 9.85. The number of ether oxygens (including phenoxy) is 1. The van der Waals surface area contributed by atoms with Gasteiger partial charge in [-0.1, -0.05) is 18.2 Å². The number of hydrogen-bond acceptors (Lipinski definition) is 7. The second kappa shape index (κ2) is 14.2. The number of halogens is 6. The fourth-order valence-corrected chi connectivity index (χ4v) is 4.55. The molecule has 2 heterocycles. The van der Waals surface area contributed by atoms with Gasteiger partial charge in [-0.15, -0.1) is 10.2 Å². The number of carbonyl (C=O) groups excluding carboxylic acids is 1. The predicted octanol–water partition coefficient (Wildman–Crippen LogP) is 6.16. The Morgan fingerprint density at radius 3 is 2.18 bits per heavy atom. The van der Waals surface area contributed by atoms with Crippen molar-refractivity contribution in [1.82, 2.24) is 25.9 Å². The first-order valence-corrected chi connectivity index (χ1v) is 13.4. The maximum atomic E-state index is 13.4. The van der Waals surface area contributed by atoms with Crippen molar-refractivity contribution in [3.8, 4) is 11.4 Å². The zero-order chi connectivity index (χ0) is 32.6. The minimum absolute atomic E-state index is 0.0461. The number of H-pyrrole nitrogens is 1. The van der Waals surface area contributed by atoms with E-state index in [1.165, 1.54) is 6.07 Å². The lowest BCUT2D eigenvalue weighted by Crippen LogP contribution is -2.36. The lowest BCUT2D eigenvalue weighted by atomic mass is 9.86. The van der Waals surface area contributed by atoms with Gasteiger partial charge in [0.25, 0.3) is 5.91 Å². The van der Waals surface area contributed by atoms with Crippen LogP contribution in [0, 0.1) is 5.92 Å². The summed E-state index contributed by atoms with van der Waals surface area (Å²) in [5, 5.41) is 27.3. The van der Waals surface area contributed by atoms with E-state index < -0.39 is 29.9 Å². The Bertz CT molecular complexity index is 1570. The third kappa shape index (κ3) is 9.25. The Labute approximate surface area is 251 Å². The van der Waals surface area contributed by atoms with E-state index in [4.69, 9.17) is 14.6 Å². The molecule has 0 spiro atoms. The zero-order valence-corrected chi connectivity index (χ0v) is 23.2. The molecule has 1 aliphatic heterocycles. The van der Waals surface area contributed by atoms with Crippen LogP contribution in [0.25, 0.3) is 11.4 Å². The Morgan fingerprint density at radius 2 is 1.58 bits per heavy atom. The number of rotatable bonds is 7. The number of aromatic amines is 1. The number of tetrazole rings is 1. The van der Waals surface area contributed by atoms with E-state index in [9.17, 15) is 31.1 Å². The predicted molar refractivity (Wildman–Crippen MR) is 148 cm³/mol. The number of aromatic nitrogens is 4. The minimum atomic E-state index is -5.08. The van der Waals surface area contributed by atoms with Gasteiger partial charge in [0.05, 0.1) is 11.6 Å². The molecule has 0 aliphatic carbocycles. The molecule has 3 aromatic carbocycles. The molecule has 16 heteroatoms. The number of carboxylic acids is 1. The summed E-state index contributed by atoms with van der Waals surface area (Å²) >= 11 is 0. The van der Waals surface area contributed by atoms with Crippen molar-refractivity contribution < 1.29 is 45.8 Å². The number of nitrogens with zero attached hydrogens (tertiary/aromatic N) is 3. The molecule has 45 heavy (non-hydrogen) atoms. The summed E-state index contributed by atoms with van der Waals surface area (Å²) in [5.74, 6) is -2.69. The summed E-state index contributed by atoms with van der Waals surface area (Å²) < 4.78 is 77.4. The average Bonchev–Trinajstić information content (AvgIpc) is 3.55. The SMILES string of the molecule is O=C(NC(c1cccc(C(F)(F)F)c1)C1CCOCC1)c1cccc(Nc2ccc(-c3nn[nH]n3)cc2)c1.O=C(O)C(F)(F)F. The van der Waals surface area contributed by atoms with Crippen molar-refractivity contribution in [2.24, 2.45) is 5.92 Å². The van der Waals surface area contributed by atoms with E-state index in [1.807, 2.05) is 30.3 Å². The monoisotopic (exact) mass is 636 g/mol. The van der Waals surface area contributed by atoms with E-state index >= 15 is 0 Å². The molecule has 1 fully saturated rings. The van der Waals surface area contributed by atoms with E-state index in [-0.39, 0.29) is 11.8 Å². The molecule has 0 saturated carbocycles. The molecular weight excluding hydrogens is 610 g/mol. The maximum Gasteiger partial charge on any atom is 0.490 e. The van der Waals surface area contributed by atoms with Crippen LogP contribution in [0.5, 0.6) is 0 Å². The van der Waals surface area contributed by atoms with Crippen LogP contribution >= 0.6 is 0 Å². The van der Waals surface area contributed by atoms with Crippen molar-refractivity contribution >= 4 is 23.3 Å². The molecule has 4 aromatic rings. The van der Waals surface area contributed by atoms with Crippen LogP contribution in [0.15, 0.2) is 72.8 Å². The summed E-state index contributed by atoms with van der Waals surface area (Å²) in [6.07, 6.45) is -8.27. The first-order chi connectivity index (χ1) is 21.3. The molecule has 0 bridgehead atoms. The maximum absolute atomic E-state index is 13.4. The van der Waals surface area contributed by atoms with Gasteiger partial charge in [-0.25, -0.2) is 4.79 Å². The summed E-state index contributed by atoms with van der Waals surface area (Å²) in [5.41, 5.74) is 2.35. The number of amides is 1. The molecule has 1 atom stereocenters. The van der Waals surface area contributed by atoms with Crippen molar-refractivity contribution in [2.75, 3.05) is 18.5 Å². The zero-order valence-electron chi connectivity index (χ0n) is 23.2. The van der Waals surface area contributed by atoms with Crippen molar-refractivity contribution in [3.63, 3.8) is 0 Å². The molecule has 1 unspecified atom stereocenters. The van der Waals surface area contributed by atoms with Crippen LogP contribution in [0.1, 0.15) is 40.4 Å². The minimum Gasteiger partial charge on any atom is -0.475 e. The first-order valence-electron chi connectivity index (χ1n) is 13.4. The lowest BCUT2D eigenvalue weighted by molar-refractivity contribution is -0.192. The number of carboxylic acid groups (broad SMARTS) is 1. The standard InChI is InChI=1S/C27H25F3N6O2.C2HF3O2/c28-27(29,30)21-5-1-3-19(15-21)24(17-11-13-38-14-12-17)32-26(37)20-4-2-6-23(16-20)31-22-9-7-18(8-10-22)25-33-35-36-34-25;3-2(4,5)1(6)7/h1-10,15-17,24,31H,11-14H2,(H,32,37)(H,33,34,35,36);(H,6,7). The van der Waals surface area contributed by atoms with E-state index in [0.29, 0.717) is 48.7 Å². The van der Waals surface area contributed by atoms with Gasteiger partial charge in [0, 0.05) is 35.7 Å². The average molecular weight is 637 g/mol. The van der Waals surface area contributed by atoms with Crippen molar-refractivity contribution in [3.05, 3.63) is 89.5 Å². The van der Waals surface area contributed by atoms with E-state index in [2.05, 4.69) is 31.3 Å². The molecule has 10 nitrogen and oxygen atoms in total. The third-order valence-electron chi connectivity index (χ3n) is 6.74. The quantitative estimate of drug-likeness (QED) is 0.177. The molecule has 238 valence electrons. The van der Waals surface area contributed by atoms with Gasteiger partial charge in [0.1, 0.15) is 0 Å². The molecular formula is C29H26F6N6O4. The largest absolute Gasteiger partial charge is 0.490 e. The number of carbonyl (C=O) groups is 2. The van der Waals surface area contributed by atoms with Crippen LogP contribution in [0.4, 0.5) is 37.7 Å². The highest BCUT2D eigenvalue weighted by Crippen LogP contribution is 2.35. The van der Waals surface area contributed by atoms with Gasteiger partial charge in [-0.3, -0.25) is 4.79 Å². The second-order valence-corrected chi connectivity index (χ2v) is 9.85. The lowest BCUT2D eigenvalue weighted by Gasteiger charge is -2.31. The fourth-order valence-electron chi connectivity index (χ4n) is 4.55. The molecule has 0 radical (unpaired) electrons. The summed E-state index contributed by atoms with van der Waals surface area (Å²) in [4.78, 5) is 22.2. The highest BCUT2D eigenvalue weighted by Gasteiger charge is 2.38. The van der Waals surface area contributed by atoms with Gasteiger partial charge in [-0.05, 0) is 84.1 Å². The Morgan fingerprint density at radius 1 is 0.911 bits per heavy atom. The molecule has 4 N–H and O–H groups in total. The number of benzene rings is 3. The Kier molecular flexibility index (Phi) is 10.4. The van der Waals surface area contributed by atoms with E-state index in [0.717, 1.165) is 23.4 Å². The van der Waals surface area contributed by atoms with Gasteiger partial charge in [0.2, 0.25) is 5.82 Å². The van der Waals surface area contributed by atoms with E-state index in [1.54, 1.807) is 24.3 Å². The molecule has 1 aromatic heterocycles. The number of alkyl halides is 6. The Hall–Kier alpha value is -4.99. The molecule has 1 saturated heterocycles. The molecule has 1 aliphatic rings. The smallest absolute Gasteiger partial charge is 0.475 e. The van der Waals surface area contributed by atoms with Gasteiger partial charge in [-0.2, -0.15) is 31.6 Å². The number of hydrogen-bond donors (Lipinski definition) is 4. The van der Waals surface area contributed by atoms with Gasteiger partial charge in [0.15, 0.2) is 0 Å². The third-order valence-corrected chi connectivity index (χ3v) is 6.74. The Balaban J connectivity index is 0.000000591. The number of nitrogens with one attached hydrogen (secondary N) is 3. The summed E-state index contributed by atoms with van der Waals surface area (Å²) in [6, 6.07) is 18.9. The van der Waals surface area contributed by atoms with Crippen LogP contribution in [-0.2, 0) is 15.7 Å².